The molecule has 0 aliphatic carbocycles. The van der Waals surface area contributed by atoms with Crippen LogP contribution in [0.25, 0.3) is 0 Å². The van der Waals surface area contributed by atoms with Crippen molar-refractivity contribution in [3.8, 4) is 0 Å². The number of aliphatic hydroxyl groups excluding tert-OH is 6. The minimum absolute atomic E-state index is 0.367. The molecule has 0 aliphatic rings. The smallest absolute Gasteiger partial charge is 0.0431 e. The van der Waals surface area contributed by atoms with Gasteiger partial charge in [-0.2, -0.15) is 0 Å². The molecule has 84 heavy (non-hydrogen) atoms. The minimum Gasteiger partial charge on any atom is -0.396 e. The van der Waals surface area contributed by atoms with Gasteiger partial charge in [-0.25, -0.2) is 0 Å². The molecule has 0 radical (unpaired) electrons. The van der Waals surface area contributed by atoms with Gasteiger partial charge in [0, 0.05) is 39.6 Å². The second-order valence-corrected chi connectivity index (χ2v) is 25.6. The Labute approximate surface area is 533 Å². The fourth-order valence-electron chi connectivity index (χ4n) is 10.7. The van der Waals surface area contributed by atoms with Gasteiger partial charge in [-0.05, 0) is 38.5 Å². The van der Waals surface area contributed by atoms with Gasteiger partial charge in [-0.15, -0.1) is 0 Å². The summed E-state index contributed by atoms with van der Waals surface area (Å²) in [4.78, 5) is 0. The molecule has 0 atom stereocenters. The molecule has 0 saturated carbocycles. The van der Waals surface area contributed by atoms with Crippen LogP contribution in [0.2, 0.25) is 0 Å². The summed E-state index contributed by atoms with van der Waals surface area (Å²) in [7, 11) is 0. The van der Waals surface area contributed by atoms with E-state index in [1.807, 2.05) is 0 Å². The van der Waals surface area contributed by atoms with Crippen LogP contribution in [0, 0.1) is 0 Å². The fourth-order valence-corrected chi connectivity index (χ4v) is 10.7. The third kappa shape index (κ3) is 123. The van der Waals surface area contributed by atoms with Crippen molar-refractivity contribution in [3.05, 3.63) is 0 Å². The Morgan fingerprint density at radius 2 is 0.155 bits per heavy atom. The summed E-state index contributed by atoms with van der Waals surface area (Å²) in [5, 5.41) is 51.4. The highest BCUT2D eigenvalue weighted by atomic mass is 16.3. The largest absolute Gasteiger partial charge is 0.396 e. The van der Waals surface area contributed by atoms with Gasteiger partial charge in [0.1, 0.15) is 0 Å². The lowest BCUT2D eigenvalue weighted by molar-refractivity contribution is 0.282. The SMILES string of the molecule is CCCCCCCCCCCCCCCCCCO.CCCCCCCCCCCCCCCCO.CCCCCCCCCCCCCCO.CCCCCCCCCCCCO.CCCCCCCCCCO.CCCCCCCCO. The van der Waals surface area contributed by atoms with Crippen molar-refractivity contribution in [2.24, 2.45) is 0 Å². The quantitative estimate of drug-likeness (QED) is 0.0338. The van der Waals surface area contributed by atoms with Gasteiger partial charge in [-0.3, -0.25) is 0 Å². The molecule has 516 valence electrons. The van der Waals surface area contributed by atoms with E-state index < -0.39 is 0 Å². The topological polar surface area (TPSA) is 121 Å². The maximum absolute atomic E-state index is 8.67. The number of hydrogen-bond acceptors (Lipinski definition) is 6. The minimum atomic E-state index is 0.367. The molecule has 0 aromatic heterocycles. The zero-order valence-electron chi connectivity index (χ0n) is 59.6. The van der Waals surface area contributed by atoms with Crippen LogP contribution in [0.1, 0.15) is 465 Å². The molecule has 6 N–H and O–H groups in total. The van der Waals surface area contributed by atoms with Gasteiger partial charge in [0.05, 0.1) is 0 Å². The molecular formula is C78H168O6. The second kappa shape index (κ2) is 107. The molecule has 0 heterocycles. The van der Waals surface area contributed by atoms with E-state index in [2.05, 4.69) is 41.5 Å². The van der Waals surface area contributed by atoms with Crippen LogP contribution < -0.4 is 0 Å². The predicted octanol–water partition coefficient (Wildman–Crippen LogP) is 25.7. The van der Waals surface area contributed by atoms with E-state index in [-0.39, 0.29) is 0 Å². The van der Waals surface area contributed by atoms with Gasteiger partial charge in [0.2, 0.25) is 0 Å². The average molecular weight is 1200 g/mol. The van der Waals surface area contributed by atoms with Crippen LogP contribution in [-0.4, -0.2) is 70.3 Å². The summed E-state index contributed by atoms with van der Waals surface area (Å²) in [6, 6.07) is 0. The van der Waals surface area contributed by atoms with E-state index >= 15 is 0 Å². The first-order chi connectivity index (χ1) is 41.5. The Kier molecular flexibility index (Phi) is 121. The fraction of sp³-hybridized carbons (Fsp3) is 1.00. The molecule has 0 spiro atoms. The summed E-state index contributed by atoms with van der Waals surface area (Å²) >= 11 is 0. The molecule has 0 saturated heterocycles. The van der Waals surface area contributed by atoms with Gasteiger partial charge < -0.3 is 30.6 Å². The molecule has 0 aromatic carbocycles. The van der Waals surface area contributed by atoms with Crippen molar-refractivity contribution in [2.75, 3.05) is 39.6 Å². The zero-order valence-corrected chi connectivity index (χ0v) is 59.6. The molecule has 6 heteroatoms. The van der Waals surface area contributed by atoms with Crippen molar-refractivity contribution in [1.82, 2.24) is 0 Å². The standard InChI is InChI=1S/C18H38O.C16H34O.C14H30O.C12H26O.C10H22O.C8H18O/c1-2-3-4-5-6-7-8-9-10-11-12-13-14-15-16-17-18-19;1-2-3-4-5-6-7-8-9-10-11-12-13-14-15-16-17;1-2-3-4-5-6-7-8-9-10-11-12-13-14-15;1-2-3-4-5-6-7-8-9-10-11-12-13;1-2-3-4-5-6-7-8-9-10-11;1-2-3-4-5-6-7-8-9/h19H,2-18H2,1H3;17H,2-16H2,1H3;15H,2-14H2,1H3;13H,2-12H2,1H3;11H,2-10H2,1H3;9H,2-8H2,1H3. The van der Waals surface area contributed by atoms with E-state index in [0.717, 1.165) is 38.5 Å². The van der Waals surface area contributed by atoms with Crippen molar-refractivity contribution >= 4 is 0 Å². The molecule has 0 fully saturated rings. The van der Waals surface area contributed by atoms with E-state index in [1.54, 1.807) is 0 Å². The third-order valence-corrected chi connectivity index (χ3v) is 16.6. The first-order valence-electron chi connectivity index (χ1n) is 39.1. The van der Waals surface area contributed by atoms with Crippen molar-refractivity contribution in [3.63, 3.8) is 0 Å². The highest BCUT2D eigenvalue weighted by Crippen LogP contribution is 2.17. The summed E-state index contributed by atoms with van der Waals surface area (Å²) in [6.45, 7) is 15.8. The zero-order chi connectivity index (χ0) is 62.9. The van der Waals surface area contributed by atoms with Gasteiger partial charge >= 0.3 is 0 Å². The van der Waals surface area contributed by atoms with Gasteiger partial charge in [0.15, 0.2) is 0 Å². The molecule has 0 rings (SSSR count). The highest BCUT2D eigenvalue weighted by molar-refractivity contribution is 4.53. The van der Waals surface area contributed by atoms with Crippen molar-refractivity contribution in [2.45, 2.75) is 465 Å². The number of hydrogen-bond donors (Lipinski definition) is 6. The first kappa shape index (κ1) is 94.9. The first-order valence-corrected chi connectivity index (χ1v) is 39.1. The Bertz CT molecular complexity index is 854. The second-order valence-electron chi connectivity index (χ2n) is 25.6. The molecule has 6 nitrogen and oxygen atoms in total. The molecule has 0 aromatic rings. The lowest BCUT2D eigenvalue weighted by atomic mass is 10.0. The normalized spacial score (nSPS) is 10.7. The van der Waals surface area contributed by atoms with Crippen LogP contribution in [0.4, 0.5) is 0 Å². The van der Waals surface area contributed by atoms with Crippen LogP contribution in [0.15, 0.2) is 0 Å². The molecule has 0 aliphatic heterocycles. The molecule has 0 bridgehead atoms. The monoisotopic (exact) mass is 1200 g/mol. The van der Waals surface area contributed by atoms with Crippen LogP contribution in [0.3, 0.4) is 0 Å². The predicted molar refractivity (Wildman–Crippen MR) is 381 cm³/mol. The Morgan fingerprint density at radius 1 is 0.0952 bits per heavy atom. The highest BCUT2D eigenvalue weighted by Gasteiger charge is 1.98. The van der Waals surface area contributed by atoms with E-state index in [0.29, 0.717) is 39.6 Å². The third-order valence-electron chi connectivity index (χ3n) is 16.6. The number of aliphatic hydroxyl groups is 6. The van der Waals surface area contributed by atoms with Gasteiger partial charge in [0.25, 0.3) is 0 Å². The summed E-state index contributed by atoms with van der Waals surface area (Å²) in [6.07, 6.45) is 88.8. The molecular weight excluding hydrogens is 1030 g/mol. The summed E-state index contributed by atoms with van der Waals surface area (Å²) < 4.78 is 0. The van der Waals surface area contributed by atoms with Gasteiger partial charge in [-0.1, -0.05) is 427 Å². The Hall–Kier alpha value is -0.240. The maximum atomic E-state index is 8.67. The van der Waals surface area contributed by atoms with Crippen LogP contribution >= 0.6 is 0 Å². The van der Waals surface area contributed by atoms with Crippen LogP contribution in [0.5, 0.6) is 0 Å². The number of rotatable bonds is 66. The maximum Gasteiger partial charge on any atom is 0.0431 e. The van der Waals surface area contributed by atoms with Crippen molar-refractivity contribution < 1.29 is 30.6 Å². The summed E-state index contributed by atoms with van der Waals surface area (Å²) in [5.41, 5.74) is 0. The van der Waals surface area contributed by atoms with E-state index in [4.69, 9.17) is 30.6 Å². The Morgan fingerprint density at radius 3 is 0.214 bits per heavy atom. The Balaban J connectivity index is -0.000000221. The van der Waals surface area contributed by atoms with E-state index in [1.165, 1.54) is 385 Å². The molecule has 0 unspecified atom stereocenters. The average Bonchev–Trinajstić information content (AvgIpc) is 3.51. The van der Waals surface area contributed by atoms with Crippen molar-refractivity contribution in [1.29, 1.82) is 0 Å². The molecule has 0 amide bonds. The summed E-state index contributed by atoms with van der Waals surface area (Å²) in [5.74, 6) is 0. The number of unbranched alkanes of at least 4 members (excludes halogenated alkanes) is 60. The lowest BCUT2D eigenvalue weighted by Gasteiger charge is -2.03. The van der Waals surface area contributed by atoms with Crippen LogP contribution in [-0.2, 0) is 0 Å². The van der Waals surface area contributed by atoms with E-state index in [9.17, 15) is 0 Å². The lowest BCUT2D eigenvalue weighted by Crippen LogP contribution is -1.85.